The van der Waals surface area contributed by atoms with Crippen molar-refractivity contribution >= 4 is 11.6 Å². The van der Waals surface area contributed by atoms with Crippen molar-refractivity contribution in [1.29, 1.82) is 0 Å². The Bertz CT molecular complexity index is 443. The molecule has 0 heterocycles. The molecule has 110 valence electrons. The number of carbonyl (C=O) groups excluding carboxylic acids is 1. The van der Waals surface area contributed by atoms with Crippen molar-refractivity contribution in [3.05, 3.63) is 29.8 Å². The van der Waals surface area contributed by atoms with E-state index in [9.17, 15) is 4.79 Å². The van der Waals surface area contributed by atoms with E-state index < -0.39 is 0 Å². The van der Waals surface area contributed by atoms with Crippen LogP contribution in [0.5, 0.6) is 0 Å². The fourth-order valence-corrected chi connectivity index (χ4v) is 2.68. The molecule has 2 N–H and O–H groups in total. The Kier molecular flexibility index (Phi) is 4.81. The molecule has 0 aliphatic heterocycles. The predicted molar refractivity (Wildman–Crippen MR) is 83.8 cm³/mol. The molecular formula is C17H26N2O. The quantitative estimate of drug-likeness (QED) is 0.833. The number of rotatable bonds is 6. The minimum absolute atomic E-state index is 0.0411. The van der Waals surface area contributed by atoms with E-state index in [1.165, 1.54) is 31.2 Å². The van der Waals surface area contributed by atoms with Gasteiger partial charge in [0.2, 0.25) is 5.91 Å². The third-order valence-corrected chi connectivity index (χ3v) is 4.66. The van der Waals surface area contributed by atoms with E-state index in [1.54, 1.807) is 0 Å². The number of aryl methyl sites for hydroxylation is 1. The Morgan fingerprint density at radius 3 is 2.45 bits per heavy atom. The van der Waals surface area contributed by atoms with Crippen LogP contribution in [0.25, 0.3) is 0 Å². The van der Waals surface area contributed by atoms with Gasteiger partial charge in [0, 0.05) is 12.2 Å². The number of hydrogen-bond acceptors (Lipinski definition) is 2. The summed E-state index contributed by atoms with van der Waals surface area (Å²) in [6.07, 6.45) is 5.12. The normalized spacial score (nSPS) is 18.1. The molecule has 1 aromatic rings. The first-order valence-corrected chi connectivity index (χ1v) is 7.66. The van der Waals surface area contributed by atoms with Gasteiger partial charge in [-0.05, 0) is 50.7 Å². The fraction of sp³-hybridized carbons (Fsp3) is 0.588. The maximum absolute atomic E-state index is 12.1. The van der Waals surface area contributed by atoms with Crippen LogP contribution >= 0.6 is 0 Å². The van der Waals surface area contributed by atoms with Gasteiger partial charge in [0.15, 0.2) is 0 Å². The zero-order chi connectivity index (χ0) is 14.6. The Balaban J connectivity index is 1.81. The Labute approximate surface area is 122 Å². The van der Waals surface area contributed by atoms with Crippen LogP contribution in [0.15, 0.2) is 24.3 Å². The van der Waals surface area contributed by atoms with Gasteiger partial charge >= 0.3 is 0 Å². The first kappa shape index (κ1) is 15.0. The van der Waals surface area contributed by atoms with Crippen LogP contribution in [0, 0.1) is 12.3 Å². The standard InChI is InChI=1S/C17H26N2O/c1-4-17(10-5-11-17)12-18-14(3)16(20)19-15-8-6-13(2)7-9-15/h6-9,14,18H,4-5,10-12H2,1-3H3,(H,19,20). The topological polar surface area (TPSA) is 41.1 Å². The average molecular weight is 274 g/mol. The summed E-state index contributed by atoms with van der Waals surface area (Å²) < 4.78 is 0. The molecule has 1 fully saturated rings. The summed E-state index contributed by atoms with van der Waals surface area (Å²) in [5.41, 5.74) is 2.51. The van der Waals surface area contributed by atoms with Crippen LogP contribution < -0.4 is 10.6 Å². The van der Waals surface area contributed by atoms with E-state index in [2.05, 4.69) is 17.6 Å². The molecule has 0 radical (unpaired) electrons. The summed E-state index contributed by atoms with van der Waals surface area (Å²) in [7, 11) is 0. The van der Waals surface area contributed by atoms with Gasteiger partial charge in [0.1, 0.15) is 0 Å². The van der Waals surface area contributed by atoms with Crippen molar-refractivity contribution < 1.29 is 4.79 Å². The van der Waals surface area contributed by atoms with Gasteiger partial charge < -0.3 is 10.6 Å². The molecule has 1 aliphatic rings. The van der Waals surface area contributed by atoms with Crippen LogP contribution in [0.2, 0.25) is 0 Å². The number of benzene rings is 1. The fourth-order valence-electron chi connectivity index (χ4n) is 2.68. The van der Waals surface area contributed by atoms with Crippen molar-refractivity contribution in [2.45, 2.75) is 52.5 Å². The van der Waals surface area contributed by atoms with Crippen molar-refractivity contribution in [2.24, 2.45) is 5.41 Å². The van der Waals surface area contributed by atoms with Crippen LogP contribution in [-0.2, 0) is 4.79 Å². The molecule has 1 unspecified atom stereocenters. The Morgan fingerprint density at radius 1 is 1.30 bits per heavy atom. The molecular weight excluding hydrogens is 248 g/mol. The first-order chi connectivity index (χ1) is 9.54. The highest BCUT2D eigenvalue weighted by atomic mass is 16.2. The third kappa shape index (κ3) is 3.60. The van der Waals surface area contributed by atoms with E-state index in [1.807, 2.05) is 38.1 Å². The average Bonchev–Trinajstić information content (AvgIpc) is 2.40. The molecule has 1 aliphatic carbocycles. The van der Waals surface area contributed by atoms with E-state index in [-0.39, 0.29) is 11.9 Å². The third-order valence-electron chi connectivity index (χ3n) is 4.66. The lowest BCUT2D eigenvalue weighted by atomic mass is 9.67. The SMILES string of the molecule is CCC1(CNC(C)C(=O)Nc2ccc(C)cc2)CCC1. The molecule has 0 aromatic heterocycles. The van der Waals surface area contributed by atoms with Gasteiger partial charge in [0.05, 0.1) is 6.04 Å². The Hall–Kier alpha value is -1.35. The molecule has 0 spiro atoms. The van der Waals surface area contributed by atoms with Gasteiger partial charge in [-0.25, -0.2) is 0 Å². The molecule has 2 rings (SSSR count). The summed E-state index contributed by atoms with van der Waals surface area (Å²) in [5.74, 6) is 0.0411. The van der Waals surface area contributed by atoms with Gasteiger partial charge in [0.25, 0.3) is 0 Å². The predicted octanol–water partition coefficient (Wildman–Crippen LogP) is 3.49. The lowest BCUT2D eigenvalue weighted by Gasteiger charge is -2.42. The van der Waals surface area contributed by atoms with Crippen LogP contribution in [0.3, 0.4) is 0 Å². The van der Waals surface area contributed by atoms with Gasteiger partial charge in [-0.1, -0.05) is 31.0 Å². The second kappa shape index (κ2) is 6.40. The van der Waals surface area contributed by atoms with Crippen molar-refractivity contribution in [1.82, 2.24) is 5.32 Å². The molecule has 3 nitrogen and oxygen atoms in total. The first-order valence-electron chi connectivity index (χ1n) is 7.66. The molecule has 1 amide bonds. The summed E-state index contributed by atoms with van der Waals surface area (Å²) >= 11 is 0. The summed E-state index contributed by atoms with van der Waals surface area (Å²) in [5, 5.41) is 6.35. The minimum Gasteiger partial charge on any atom is -0.325 e. The van der Waals surface area contributed by atoms with Crippen LogP contribution in [0.1, 0.15) is 45.1 Å². The van der Waals surface area contributed by atoms with E-state index in [4.69, 9.17) is 0 Å². The van der Waals surface area contributed by atoms with Crippen molar-refractivity contribution in [3.8, 4) is 0 Å². The lowest BCUT2D eigenvalue weighted by Crippen LogP contribution is -2.46. The van der Waals surface area contributed by atoms with Gasteiger partial charge in [-0.15, -0.1) is 0 Å². The zero-order valence-electron chi connectivity index (χ0n) is 12.8. The summed E-state index contributed by atoms with van der Waals surface area (Å²) in [6, 6.07) is 7.75. The van der Waals surface area contributed by atoms with E-state index in [0.717, 1.165) is 12.2 Å². The van der Waals surface area contributed by atoms with Crippen LogP contribution in [0.4, 0.5) is 5.69 Å². The minimum atomic E-state index is -0.152. The smallest absolute Gasteiger partial charge is 0.241 e. The lowest BCUT2D eigenvalue weighted by molar-refractivity contribution is -0.118. The highest BCUT2D eigenvalue weighted by molar-refractivity contribution is 5.94. The number of anilines is 1. The second-order valence-corrected chi connectivity index (χ2v) is 6.16. The number of carbonyl (C=O) groups is 1. The van der Waals surface area contributed by atoms with Gasteiger partial charge in [-0.3, -0.25) is 4.79 Å². The van der Waals surface area contributed by atoms with Crippen molar-refractivity contribution in [2.75, 3.05) is 11.9 Å². The Morgan fingerprint density at radius 2 is 1.95 bits per heavy atom. The highest BCUT2D eigenvalue weighted by Crippen LogP contribution is 2.43. The number of amides is 1. The van der Waals surface area contributed by atoms with Crippen molar-refractivity contribution in [3.63, 3.8) is 0 Å². The molecule has 0 saturated heterocycles. The van der Waals surface area contributed by atoms with Crippen LogP contribution in [-0.4, -0.2) is 18.5 Å². The highest BCUT2D eigenvalue weighted by Gasteiger charge is 2.35. The summed E-state index contributed by atoms with van der Waals surface area (Å²) in [6.45, 7) is 7.17. The zero-order valence-corrected chi connectivity index (χ0v) is 12.8. The summed E-state index contributed by atoms with van der Waals surface area (Å²) in [4.78, 5) is 12.1. The maximum atomic E-state index is 12.1. The molecule has 1 saturated carbocycles. The molecule has 1 aromatic carbocycles. The largest absolute Gasteiger partial charge is 0.325 e. The van der Waals surface area contributed by atoms with E-state index in [0.29, 0.717) is 5.41 Å². The monoisotopic (exact) mass is 274 g/mol. The molecule has 0 bridgehead atoms. The molecule has 1 atom stereocenters. The maximum Gasteiger partial charge on any atom is 0.241 e. The number of hydrogen-bond donors (Lipinski definition) is 2. The second-order valence-electron chi connectivity index (χ2n) is 6.16. The number of nitrogens with one attached hydrogen (secondary N) is 2. The van der Waals surface area contributed by atoms with Gasteiger partial charge in [-0.2, -0.15) is 0 Å². The molecule has 20 heavy (non-hydrogen) atoms. The molecule has 3 heteroatoms. The van der Waals surface area contributed by atoms with E-state index >= 15 is 0 Å².